The number of carbonyl (C=O) groups excluding carboxylic acids is 1. The molecule has 1 aromatic carbocycles. The van der Waals surface area contributed by atoms with Gasteiger partial charge in [-0.05, 0) is 62.3 Å². The maximum Gasteiger partial charge on any atom is 0.330 e. The molecule has 0 atom stereocenters. The Morgan fingerprint density at radius 3 is 2.06 bits per heavy atom. The van der Waals surface area contributed by atoms with Crippen LogP contribution in [0.3, 0.4) is 0 Å². The van der Waals surface area contributed by atoms with Crippen LogP contribution >= 0.6 is 0 Å². The van der Waals surface area contributed by atoms with Crippen molar-refractivity contribution in [3.63, 3.8) is 0 Å². The van der Waals surface area contributed by atoms with E-state index in [4.69, 9.17) is 14.6 Å². The number of methoxy groups -OCH3 is 1. The zero-order valence-corrected chi connectivity index (χ0v) is 20.7. The van der Waals surface area contributed by atoms with Crippen LogP contribution in [0, 0.1) is 0 Å². The van der Waals surface area contributed by atoms with Gasteiger partial charge >= 0.3 is 11.9 Å². The van der Waals surface area contributed by atoms with Crippen molar-refractivity contribution in [1.29, 1.82) is 0 Å². The summed E-state index contributed by atoms with van der Waals surface area (Å²) in [5.41, 5.74) is 0.756. The van der Waals surface area contributed by atoms with Crippen molar-refractivity contribution in [2.24, 2.45) is 0 Å². The van der Waals surface area contributed by atoms with Crippen molar-refractivity contribution in [1.82, 2.24) is 0 Å². The normalized spacial score (nSPS) is 11.3. The molecule has 34 heavy (non-hydrogen) atoms. The Hall–Kier alpha value is -2.76. The predicted octanol–water partition coefficient (Wildman–Crippen LogP) is 7.06. The number of hydrogen-bond acceptors (Lipinski definition) is 5. The summed E-state index contributed by atoms with van der Waals surface area (Å²) in [7, 11) is 1.48. The van der Waals surface area contributed by atoms with E-state index >= 15 is 0 Å². The van der Waals surface area contributed by atoms with Crippen molar-refractivity contribution in [2.45, 2.75) is 89.9 Å². The van der Waals surface area contributed by atoms with Crippen molar-refractivity contribution >= 4 is 18.0 Å². The van der Waals surface area contributed by atoms with Crippen molar-refractivity contribution in [2.75, 3.05) is 13.7 Å². The van der Waals surface area contributed by atoms with E-state index < -0.39 is 5.97 Å². The highest BCUT2D eigenvalue weighted by atomic mass is 16.5. The first-order valence-corrected chi connectivity index (χ1v) is 12.6. The number of esters is 1. The number of carbonyl (C=O) groups is 2. The Morgan fingerprint density at radius 2 is 1.44 bits per heavy atom. The molecule has 1 aromatic rings. The van der Waals surface area contributed by atoms with Gasteiger partial charge in [0.1, 0.15) is 0 Å². The van der Waals surface area contributed by atoms with Crippen LogP contribution < -0.4 is 4.74 Å². The minimum absolute atomic E-state index is 0.0633. The van der Waals surface area contributed by atoms with Crippen molar-refractivity contribution in [3.05, 3.63) is 42.0 Å². The molecule has 0 aromatic heterocycles. The molecule has 2 N–H and O–H groups in total. The second-order valence-corrected chi connectivity index (χ2v) is 8.51. The fraction of sp³-hybridized carbons (Fsp3) is 0.571. The summed E-state index contributed by atoms with van der Waals surface area (Å²) in [5.74, 6) is -0.627. The summed E-state index contributed by atoms with van der Waals surface area (Å²) in [6, 6.07) is 4.88. The van der Waals surface area contributed by atoms with Gasteiger partial charge in [0.25, 0.3) is 0 Å². The Labute approximate surface area is 204 Å². The average Bonchev–Trinajstić information content (AvgIpc) is 2.82. The summed E-state index contributed by atoms with van der Waals surface area (Å²) >= 11 is 0. The molecule has 0 bridgehead atoms. The lowest BCUT2D eigenvalue weighted by molar-refractivity contribution is -0.138. The van der Waals surface area contributed by atoms with Crippen LogP contribution in [-0.4, -0.2) is 35.9 Å². The number of carboxylic acid groups (broad SMARTS) is 1. The lowest BCUT2D eigenvalue weighted by Gasteiger charge is -2.04. The fourth-order valence-electron chi connectivity index (χ4n) is 3.56. The highest BCUT2D eigenvalue weighted by Crippen LogP contribution is 2.26. The lowest BCUT2D eigenvalue weighted by atomic mass is 10.1. The number of rotatable bonds is 20. The number of benzene rings is 1. The van der Waals surface area contributed by atoms with Crippen LogP contribution in [0.4, 0.5) is 0 Å². The van der Waals surface area contributed by atoms with E-state index in [0.29, 0.717) is 18.8 Å². The highest BCUT2D eigenvalue weighted by molar-refractivity contribution is 5.87. The second-order valence-electron chi connectivity index (χ2n) is 8.51. The van der Waals surface area contributed by atoms with Gasteiger partial charge in [0.2, 0.25) is 0 Å². The molecule has 6 nitrogen and oxygen atoms in total. The molecule has 0 spiro atoms. The smallest absolute Gasteiger partial charge is 0.330 e. The molecular formula is C28H42O6. The molecule has 190 valence electrons. The number of phenolic OH excluding ortho intramolecular Hbond substituents is 1. The zero-order chi connectivity index (χ0) is 24.9. The van der Waals surface area contributed by atoms with Crippen molar-refractivity contribution in [3.8, 4) is 11.5 Å². The monoisotopic (exact) mass is 474 g/mol. The molecule has 0 aliphatic carbocycles. The molecule has 0 unspecified atom stereocenters. The number of unbranched alkanes of at least 4 members (excludes halogenated alkanes) is 11. The third-order valence-electron chi connectivity index (χ3n) is 5.55. The first-order chi connectivity index (χ1) is 16.5. The first kappa shape index (κ1) is 29.3. The number of aromatic hydroxyl groups is 1. The van der Waals surface area contributed by atoms with Crippen molar-refractivity contribution < 1.29 is 29.3 Å². The third kappa shape index (κ3) is 15.9. The van der Waals surface area contributed by atoms with E-state index in [1.807, 2.05) is 0 Å². The molecule has 0 fully saturated rings. The van der Waals surface area contributed by atoms with Gasteiger partial charge in [0.05, 0.1) is 13.7 Å². The average molecular weight is 475 g/mol. The zero-order valence-electron chi connectivity index (χ0n) is 20.7. The fourth-order valence-corrected chi connectivity index (χ4v) is 3.56. The number of carboxylic acids is 1. The van der Waals surface area contributed by atoms with Gasteiger partial charge in [-0.25, -0.2) is 4.79 Å². The number of hydrogen-bond donors (Lipinski definition) is 2. The first-order valence-electron chi connectivity index (χ1n) is 12.6. The van der Waals surface area contributed by atoms with E-state index in [2.05, 4.69) is 12.2 Å². The molecule has 0 amide bonds. The number of allylic oxidation sites excluding steroid dienone is 2. The topological polar surface area (TPSA) is 93.1 Å². The van der Waals surface area contributed by atoms with Crippen LogP contribution in [0.5, 0.6) is 11.5 Å². The van der Waals surface area contributed by atoms with Gasteiger partial charge < -0.3 is 19.7 Å². The van der Waals surface area contributed by atoms with E-state index in [1.54, 1.807) is 18.2 Å². The van der Waals surface area contributed by atoms with Crippen LogP contribution in [0.1, 0.15) is 95.5 Å². The number of aliphatic carboxylic acids is 1. The molecule has 0 radical (unpaired) electrons. The van der Waals surface area contributed by atoms with Gasteiger partial charge in [0.15, 0.2) is 11.5 Å². The Bertz CT molecular complexity index is 753. The minimum atomic E-state index is -0.692. The van der Waals surface area contributed by atoms with E-state index in [0.717, 1.165) is 56.9 Å². The summed E-state index contributed by atoms with van der Waals surface area (Å²) in [6.07, 6.45) is 22.2. The molecule has 0 heterocycles. The Morgan fingerprint density at radius 1 is 0.853 bits per heavy atom. The van der Waals surface area contributed by atoms with Crippen LogP contribution in [0.2, 0.25) is 0 Å². The summed E-state index contributed by atoms with van der Waals surface area (Å²) in [5, 5.41) is 18.2. The minimum Gasteiger partial charge on any atom is -0.504 e. The van der Waals surface area contributed by atoms with Crippen LogP contribution in [-0.2, 0) is 14.3 Å². The second kappa shape index (κ2) is 19.7. The number of phenols is 1. The maximum atomic E-state index is 11.8. The van der Waals surface area contributed by atoms with E-state index in [9.17, 15) is 14.7 Å². The predicted molar refractivity (Wildman–Crippen MR) is 136 cm³/mol. The van der Waals surface area contributed by atoms with E-state index in [1.165, 1.54) is 51.4 Å². The highest BCUT2D eigenvalue weighted by Gasteiger charge is 2.02. The van der Waals surface area contributed by atoms with Gasteiger partial charge in [-0.1, -0.05) is 63.2 Å². The molecule has 0 aliphatic heterocycles. The molecule has 6 heteroatoms. The summed E-state index contributed by atoms with van der Waals surface area (Å²) < 4.78 is 10.3. The lowest BCUT2D eigenvalue weighted by Crippen LogP contribution is -2.02. The maximum absolute atomic E-state index is 11.8. The molecule has 0 aliphatic rings. The quantitative estimate of drug-likeness (QED) is 0.0909. The van der Waals surface area contributed by atoms with E-state index in [-0.39, 0.29) is 11.7 Å². The standard InChI is InChI=1S/C28H42O6/c1-33-26-23-24(18-20-25(26)29)19-21-28(32)34-22-16-14-12-10-8-6-4-2-3-5-7-9-11-13-15-17-27(30)31/h2-3,18-21,23,29H,4-17,22H2,1H3,(H,30,31)/b3-2-,21-19+. The largest absolute Gasteiger partial charge is 0.504 e. The summed E-state index contributed by atoms with van der Waals surface area (Å²) in [6.45, 7) is 0.435. The van der Waals surface area contributed by atoms with Crippen LogP contribution in [0.15, 0.2) is 36.4 Å². The van der Waals surface area contributed by atoms with Gasteiger partial charge in [-0.15, -0.1) is 0 Å². The molecule has 1 rings (SSSR count). The third-order valence-corrected chi connectivity index (χ3v) is 5.55. The molecular weight excluding hydrogens is 432 g/mol. The Balaban J connectivity index is 1.90. The molecule has 0 saturated heterocycles. The SMILES string of the molecule is COc1cc(/C=C/C(=O)OCCCCCCCC/C=C\CCCCCCCC(=O)O)ccc1O. The van der Waals surface area contributed by atoms with Gasteiger partial charge in [-0.3, -0.25) is 4.79 Å². The molecule has 0 saturated carbocycles. The number of ether oxygens (including phenoxy) is 2. The Kier molecular flexibility index (Phi) is 16.9. The van der Waals surface area contributed by atoms with Crippen LogP contribution in [0.25, 0.3) is 6.08 Å². The van der Waals surface area contributed by atoms with Gasteiger partial charge in [-0.2, -0.15) is 0 Å². The van der Waals surface area contributed by atoms with Gasteiger partial charge in [0, 0.05) is 12.5 Å². The summed E-state index contributed by atoms with van der Waals surface area (Å²) in [4.78, 5) is 22.2.